The van der Waals surface area contributed by atoms with Crippen molar-refractivity contribution in [3.8, 4) is 0 Å². The summed E-state index contributed by atoms with van der Waals surface area (Å²) in [6.07, 6.45) is 23.3. The van der Waals surface area contributed by atoms with Crippen LogP contribution in [0.25, 0.3) is 16.6 Å². The molecule has 3 aromatic carbocycles. The van der Waals surface area contributed by atoms with Gasteiger partial charge in [0, 0.05) is 164 Å². The van der Waals surface area contributed by atoms with E-state index in [-0.39, 0.29) is 108 Å². The summed E-state index contributed by atoms with van der Waals surface area (Å²) in [5.74, 6) is -0.814. The van der Waals surface area contributed by atoms with Gasteiger partial charge in [-0.1, -0.05) is 83.9 Å². The molecule has 0 unspecified atom stereocenters. The van der Waals surface area contributed by atoms with Crippen LogP contribution in [0.1, 0.15) is 86.9 Å². The van der Waals surface area contributed by atoms with Crippen molar-refractivity contribution in [2.24, 2.45) is 15.3 Å². The Bertz CT molecular complexity index is 3810. The number of sulfonamides is 3. The van der Waals surface area contributed by atoms with E-state index in [0.29, 0.717) is 33.4 Å². The van der Waals surface area contributed by atoms with Crippen molar-refractivity contribution in [2.75, 3.05) is 47.6 Å². The summed E-state index contributed by atoms with van der Waals surface area (Å²) >= 11 is 0. The van der Waals surface area contributed by atoms with Crippen molar-refractivity contribution in [1.82, 2.24) is 42.1 Å². The molecule has 2 saturated heterocycles. The van der Waals surface area contributed by atoms with Crippen LogP contribution >= 0.6 is 0 Å². The number of halogens is 1. The molecule has 3 radical (unpaired) electrons. The molecule has 8 heterocycles. The van der Waals surface area contributed by atoms with Gasteiger partial charge in [0.15, 0.2) is 0 Å². The van der Waals surface area contributed by atoms with E-state index in [9.17, 15) is 29.6 Å². The Hall–Kier alpha value is -4.85. The van der Waals surface area contributed by atoms with E-state index in [1.165, 1.54) is 77.6 Å². The third-order valence-corrected chi connectivity index (χ3v) is 18.5. The van der Waals surface area contributed by atoms with Gasteiger partial charge in [0.1, 0.15) is 10.7 Å². The van der Waals surface area contributed by atoms with E-state index in [4.69, 9.17) is 9.47 Å². The Labute approximate surface area is 591 Å². The van der Waals surface area contributed by atoms with Gasteiger partial charge in [0.05, 0.1) is 9.79 Å². The van der Waals surface area contributed by atoms with Crippen LogP contribution in [-0.2, 0) is 138 Å². The molecular weight excluding hydrogens is 1410 g/mol. The second-order valence-electron chi connectivity index (χ2n) is 20.3. The second kappa shape index (κ2) is 34.5. The number of benzene rings is 3. The molecule has 0 atom stereocenters. The normalized spacial score (nSPS) is 13.1. The van der Waals surface area contributed by atoms with Crippen LogP contribution in [0.5, 0.6) is 0 Å². The molecule has 459 valence electrons. The number of hydrazone groups is 3. The number of hydrogen-bond acceptors (Lipinski definition) is 14. The van der Waals surface area contributed by atoms with Crippen LogP contribution in [0, 0.1) is 79.8 Å². The van der Waals surface area contributed by atoms with Gasteiger partial charge in [0.25, 0.3) is 30.1 Å². The summed E-state index contributed by atoms with van der Waals surface area (Å²) in [6, 6.07) is 26.1. The zero-order valence-electron chi connectivity index (χ0n) is 51.2. The molecule has 2 fully saturated rings. The van der Waals surface area contributed by atoms with E-state index < -0.39 is 40.8 Å². The first-order valence-corrected chi connectivity index (χ1v) is 31.4. The number of nitrogens with zero attached hydrogens (tertiary/aromatic N) is 12. The summed E-state index contributed by atoms with van der Waals surface area (Å²) in [6.45, 7) is 18.8. The first kappa shape index (κ1) is 75.6. The van der Waals surface area contributed by atoms with E-state index in [2.05, 4.69) is 49.2 Å². The Kier molecular flexibility index (Phi) is 29.7. The average Bonchev–Trinajstić information content (AvgIpc) is 4.14. The summed E-state index contributed by atoms with van der Waals surface area (Å²) in [7, 11) is -7.42. The molecule has 0 amide bonds. The number of rotatable bonds is 12. The van der Waals surface area contributed by atoms with Gasteiger partial charge in [-0.3, -0.25) is 15.3 Å². The van der Waals surface area contributed by atoms with E-state index >= 15 is 0 Å². The minimum absolute atomic E-state index is 0. The summed E-state index contributed by atoms with van der Waals surface area (Å²) < 4.78 is 108. The Morgan fingerprint density at radius 3 is 1.00 bits per heavy atom. The molecule has 0 aliphatic carbocycles. The molecular formula is C61H70FN12O8S3Y3-3. The minimum Gasteiger partial charge on any atom is -0.381 e. The fourth-order valence-corrected chi connectivity index (χ4v) is 11.9. The topological polar surface area (TPSA) is 220 Å². The molecule has 6 aromatic heterocycles. The molecule has 0 bridgehead atoms. The summed E-state index contributed by atoms with van der Waals surface area (Å²) in [5.41, 5.74) is 11.1. The van der Waals surface area contributed by atoms with E-state index in [0.717, 1.165) is 90.1 Å². The van der Waals surface area contributed by atoms with E-state index in [1.54, 1.807) is 64.8 Å². The number of fused-ring (bicyclic) bond motifs is 3. The molecule has 2 aliphatic heterocycles. The predicted molar refractivity (Wildman–Crippen MR) is 327 cm³/mol. The van der Waals surface area contributed by atoms with Crippen LogP contribution in [0.15, 0.2) is 140 Å². The summed E-state index contributed by atoms with van der Waals surface area (Å²) in [5, 5.41) is 24.4. The molecule has 11 rings (SSSR count). The number of ether oxygens (including phenoxy) is 2. The third kappa shape index (κ3) is 20.1. The SMILES string of the molecule is C1CCOC1.C1CCOC1.Cc1ccc(C)c(S(=O)(=O)N(C)/N=C/c2[c-]nn3ccc(C)cc23)c1.Cc1ccc(C)c(S(=O)(=O)N(C)/N=C/c2[c-]nn3ccc(C)cc23)c1.Cc1ccc(F)c(S(=O)(=O)N(C)/N=C/c2[c-]nn3ccc(C)cc23)c1.[Y].[Y].[Y]. The Morgan fingerprint density at radius 2 is 0.705 bits per heavy atom. The van der Waals surface area contributed by atoms with Crippen molar-refractivity contribution in [3.63, 3.8) is 0 Å². The molecule has 88 heavy (non-hydrogen) atoms. The van der Waals surface area contributed by atoms with Crippen LogP contribution in [0.4, 0.5) is 4.39 Å². The van der Waals surface area contributed by atoms with Crippen LogP contribution in [0.3, 0.4) is 0 Å². The third-order valence-electron chi connectivity index (χ3n) is 13.3. The maximum Gasteiger partial charge on any atom is 0.280 e. The van der Waals surface area contributed by atoms with Crippen molar-refractivity contribution in [1.29, 1.82) is 0 Å². The molecule has 0 N–H and O–H groups in total. The van der Waals surface area contributed by atoms with E-state index in [1.807, 2.05) is 95.5 Å². The van der Waals surface area contributed by atoms with Gasteiger partial charge >= 0.3 is 0 Å². The van der Waals surface area contributed by atoms with Gasteiger partial charge in [-0.2, -0.15) is 25.3 Å². The largest absolute Gasteiger partial charge is 0.381 e. The number of pyridine rings is 3. The summed E-state index contributed by atoms with van der Waals surface area (Å²) in [4.78, 5) is 0.102. The molecule has 20 nitrogen and oxygen atoms in total. The fraction of sp³-hybridized carbons (Fsp3) is 0.311. The van der Waals surface area contributed by atoms with Crippen molar-refractivity contribution < 1.29 is 137 Å². The van der Waals surface area contributed by atoms with Gasteiger partial charge in [-0.15, -0.1) is 16.7 Å². The quantitative estimate of drug-likeness (QED) is 0.0637. The van der Waals surface area contributed by atoms with Crippen LogP contribution in [0.2, 0.25) is 0 Å². The number of hydrogen-bond donors (Lipinski definition) is 0. The first-order valence-electron chi connectivity index (χ1n) is 27.1. The van der Waals surface area contributed by atoms with Crippen LogP contribution in [-0.4, -0.2) is 134 Å². The Morgan fingerprint density at radius 1 is 0.432 bits per heavy atom. The number of aryl methyl sites for hydroxylation is 8. The number of aromatic nitrogens is 6. The first-order chi connectivity index (χ1) is 40.4. The van der Waals surface area contributed by atoms with Crippen molar-refractivity contribution >= 4 is 65.3 Å². The predicted octanol–water partition coefficient (Wildman–Crippen LogP) is 9.56. The maximum atomic E-state index is 13.9. The molecule has 0 spiro atoms. The molecule has 2 aliphatic rings. The second-order valence-corrected chi connectivity index (χ2v) is 26.1. The zero-order chi connectivity index (χ0) is 61.6. The zero-order valence-corrected chi connectivity index (χ0v) is 62.2. The van der Waals surface area contributed by atoms with Crippen molar-refractivity contribution in [3.05, 3.63) is 195 Å². The van der Waals surface area contributed by atoms with Gasteiger partial charge in [-0.05, 0) is 186 Å². The van der Waals surface area contributed by atoms with Crippen molar-refractivity contribution in [2.45, 2.75) is 95.8 Å². The molecule has 27 heteroatoms. The molecule has 0 saturated carbocycles. The van der Waals surface area contributed by atoms with Gasteiger partial charge in [0.2, 0.25) is 0 Å². The fourth-order valence-electron chi connectivity index (χ4n) is 8.27. The minimum atomic E-state index is -4.09. The maximum absolute atomic E-state index is 13.9. The van der Waals surface area contributed by atoms with Gasteiger partial charge in [-0.25, -0.2) is 32.9 Å². The standard InChI is InChI=1S/2C18H19N4O2S.C17H16FN4O2S.2C4H8O.3Y/c2*1-13-5-6-15(3)18(10-13)25(23,24)21(4)19-11-16-12-20-22-8-7-14(2)9-17(16)22;1-12-4-5-15(18)17(9-12)25(23,24)21(3)19-10-14-11-20-22-7-6-13(2)8-16(14)22;2*1-2-4-5-3-1;;;/h2*5-11H,1-4H3;4-10H,1-3H3;2*1-4H2;;;/q3*-1;;;;;/b2*19-11+;19-10+;;;;;. The monoisotopic (exact) mass is 1480 g/mol. The average molecular weight is 1480 g/mol. The Balaban J connectivity index is 0.000000256. The van der Waals surface area contributed by atoms with Crippen LogP contribution < -0.4 is 0 Å². The smallest absolute Gasteiger partial charge is 0.280 e. The van der Waals surface area contributed by atoms with Gasteiger partial charge < -0.3 is 23.0 Å². The molecule has 9 aromatic rings.